The first kappa shape index (κ1) is 15.1. The Hall–Kier alpha value is 0.107. The van der Waals surface area contributed by atoms with E-state index in [9.17, 15) is 4.57 Å². The van der Waals surface area contributed by atoms with Gasteiger partial charge in [0.15, 0.2) is 0 Å². The minimum absolute atomic E-state index is 0.388. The summed E-state index contributed by atoms with van der Waals surface area (Å²) in [6.45, 7) is 11.2. The van der Waals surface area contributed by atoms with Gasteiger partial charge in [0.1, 0.15) is 0 Å². The molecule has 5 heteroatoms. The third-order valence-corrected chi connectivity index (χ3v) is 4.80. The lowest BCUT2D eigenvalue weighted by molar-refractivity contribution is 0.222. The maximum Gasteiger partial charge on any atom is 0.334 e. The van der Waals surface area contributed by atoms with Crippen LogP contribution in [0.25, 0.3) is 0 Å². The van der Waals surface area contributed by atoms with Gasteiger partial charge in [-0.15, -0.1) is 0 Å². The van der Waals surface area contributed by atoms with Crippen molar-refractivity contribution in [2.75, 3.05) is 19.4 Å². The van der Waals surface area contributed by atoms with Gasteiger partial charge in [-0.1, -0.05) is 31.4 Å². The molecule has 0 heterocycles. The summed E-state index contributed by atoms with van der Waals surface area (Å²) < 4.78 is 22.4. The fourth-order valence-electron chi connectivity index (χ4n) is 1.07. The van der Waals surface area contributed by atoms with Crippen LogP contribution in [0, 0.1) is 0 Å². The fraction of sp³-hybridized carbons (Fsp3) is 0.800. The molecule has 0 radical (unpaired) electrons. The van der Waals surface area contributed by atoms with Gasteiger partial charge in [-0.05, 0) is 13.8 Å². The quantitative estimate of drug-likeness (QED) is 0.510. The number of allylic oxidation sites excluding steroid dienone is 1. The molecular weight excluding hydrogens is 227 g/mol. The van der Waals surface area contributed by atoms with E-state index in [0.29, 0.717) is 19.4 Å². The van der Waals surface area contributed by atoms with Gasteiger partial charge in [-0.25, -0.2) is 0 Å². The highest BCUT2D eigenvalue weighted by atomic mass is 31.2. The zero-order chi connectivity index (χ0) is 11.9. The topological polar surface area (TPSA) is 35.5 Å². The number of hydrogen-bond acceptors (Lipinski definition) is 3. The lowest BCUT2D eigenvalue weighted by Crippen LogP contribution is -2.15. The molecule has 90 valence electrons. The van der Waals surface area contributed by atoms with Crippen LogP contribution in [0.3, 0.4) is 0 Å². The lowest BCUT2D eigenvalue weighted by atomic mass is 10.8. The van der Waals surface area contributed by atoms with Crippen molar-refractivity contribution in [2.45, 2.75) is 33.5 Å². The Kier molecular flexibility index (Phi) is 6.69. The van der Waals surface area contributed by atoms with Crippen molar-refractivity contribution >= 4 is 15.7 Å². The van der Waals surface area contributed by atoms with Gasteiger partial charge >= 0.3 is 7.60 Å². The fourth-order valence-corrected chi connectivity index (χ4v) is 3.53. The lowest BCUT2D eigenvalue weighted by Gasteiger charge is -2.15. The first-order valence-corrected chi connectivity index (χ1v) is 10.7. The summed E-state index contributed by atoms with van der Waals surface area (Å²) in [5, 5.41) is 0. The molecule has 0 aliphatic rings. The maximum absolute atomic E-state index is 12.0. The molecule has 0 aromatic heterocycles. The average molecular weight is 250 g/mol. The molecule has 0 amide bonds. The summed E-state index contributed by atoms with van der Waals surface area (Å²) in [4.78, 5) is 0. The Morgan fingerprint density at radius 1 is 1.13 bits per heavy atom. The normalized spacial score (nSPS) is 13.7. The van der Waals surface area contributed by atoms with Crippen molar-refractivity contribution < 1.29 is 13.6 Å². The van der Waals surface area contributed by atoms with E-state index in [-0.39, 0.29) is 0 Å². The van der Waals surface area contributed by atoms with Gasteiger partial charge in [-0.3, -0.25) is 4.57 Å². The molecule has 0 aromatic carbocycles. The smallest absolute Gasteiger partial charge is 0.309 e. The highest BCUT2D eigenvalue weighted by Gasteiger charge is 2.21. The summed E-state index contributed by atoms with van der Waals surface area (Å²) in [7, 11) is -4.09. The van der Waals surface area contributed by atoms with Crippen LogP contribution >= 0.6 is 7.60 Å². The van der Waals surface area contributed by atoms with E-state index in [1.165, 1.54) is 0 Å². The van der Waals surface area contributed by atoms with Gasteiger partial charge in [0.2, 0.25) is 0 Å². The molecule has 0 N–H and O–H groups in total. The zero-order valence-corrected chi connectivity index (χ0v) is 12.3. The van der Waals surface area contributed by atoms with Crippen molar-refractivity contribution in [1.82, 2.24) is 0 Å². The van der Waals surface area contributed by atoms with E-state index in [1.807, 2.05) is 19.9 Å². The SMILES string of the molecule is CCOP(=O)(C/C=C/[Si](C)(C)C)OCC. The molecule has 0 saturated heterocycles. The van der Waals surface area contributed by atoms with Crippen LogP contribution in [0.2, 0.25) is 19.6 Å². The van der Waals surface area contributed by atoms with Gasteiger partial charge in [0, 0.05) is 0 Å². The molecule has 0 bridgehead atoms. The van der Waals surface area contributed by atoms with Crippen LogP contribution in [0.1, 0.15) is 13.8 Å². The molecule has 0 spiro atoms. The summed E-state index contributed by atoms with van der Waals surface area (Å²) >= 11 is 0. The summed E-state index contributed by atoms with van der Waals surface area (Å²) in [6, 6.07) is 0. The Balaban J connectivity index is 4.30. The Labute approximate surface area is 94.4 Å². The van der Waals surface area contributed by atoms with Crippen LogP contribution in [0.15, 0.2) is 11.8 Å². The van der Waals surface area contributed by atoms with Gasteiger partial charge in [0.25, 0.3) is 0 Å². The minimum atomic E-state index is -2.87. The van der Waals surface area contributed by atoms with Crippen molar-refractivity contribution in [1.29, 1.82) is 0 Å². The third-order valence-electron chi connectivity index (χ3n) is 1.60. The predicted molar refractivity (Wildman–Crippen MR) is 68.2 cm³/mol. The molecule has 0 aliphatic heterocycles. The average Bonchev–Trinajstić information content (AvgIpc) is 2.01. The number of rotatable bonds is 7. The van der Waals surface area contributed by atoms with Crippen molar-refractivity contribution in [2.24, 2.45) is 0 Å². The molecule has 0 aliphatic carbocycles. The zero-order valence-electron chi connectivity index (χ0n) is 10.4. The maximum atomic E-state index is 12.0. The molecule has 0 saturated carbocycles. The van der Waals surface area contributed by atoms with Crippen molar-refractivity contribution in [3.8, 4) is 0 Å². The molecule has 15 heavy (non-hydrogen) atoms. The monoisotopic (exact) mass is 250 g/mol. The van der Waals surface area contributed by atoms with E-state index in [1.54, 1.807) is 0 Å². The minimum Gasteiger partial charge on any atom is -0.309 e. The van der Waals surface area contributed by atoms with E-state index in [4.69, 9.17) is 9.05 Å². The number of hydrogen-bond donors (Lipinski definition) is 0. The first-order valence-electron chi connectivity index (χ1n) is 5.39. The second-order valence-electron chi connectivity index (χ2n) is 4.40. The molecule has 3 nitrogen and oxygen atoms in total. The Morgan fingerprint density at radius 3 is 1.93 bits per heavy atom. The largest absolute Gasteiger partial charge is 0.334 e. The van der Waals surface area contributed by atoms with Gasteiger partial charge in [0.05, 0.1) is 27.4 Å². The van der Waals surface area contributed by atoms with Crippen LogP contribution in [0.5, 0.6) is 0 Å². The second-order valence-corrected chi connectivity index (χ2v) is 11.6. The molecule has 0 fully saturated rings. The van der Waals surface area contributed by atoms with Gasteiger partial charge in [-0.2, -0.15) is 0 Å². The van der Waals surface area contributed by atoms with E-state index >= 15 is 0 Å². The van der Waals surface area contributed by atoms with Crippen LogP contribution in [-0.2, 0) is 13.6 Å². The predicted octanol–water partition coefficient (Wildman–Crippen LogP) is 3.69. The first-order chi connectivity index (χ1) is 6.83. The van der Waals surface area contributed by atoms with Crippen molar-refractivity contribution in [3.05, 3.63) is 11.8 Å². The second kappa shape index (κ2) is 6.64. The van der Waals surface area contributed by atoms with Crippen molar-refractivity contribution in [3.63, 3.8) is 0 Å². The van der Waals surface area contributed by atoms with E-state index in [0.717, 1.165) is 0 Å². The van der Waals surface area contributed by atoms with Crippen LogP contribution in [0.4, 0.5) is 0 Å². The highest BCUT2D eigenvalue weighted by molar-refractivity contribution is 7.54. The van der Waals surface area contributed by atoms with Gasteiger partial charge < -0.3 is 9.05 Å². The summed E-state index contributed by atoms with van der Waals surface area (Å²) in [5.74, 6) is 0. The van der Waals surface area contributed by atoms with Crippen LogP contribution in [-0.4, -0.2) is 27.4 Å². The summed E-state index contributed by atoms with van der Waals surface area (Å²) in [6.07, 6.45) is 2.33. The Morgan fingerprint density at radius 2 is 1.60 bits per heavy atom. The standard InChI is InChI=1S/C10H23O3PSi/c1-6-12-14(11,13-7-2)9-8-10-15(3,4)5/h8,10H,6-7,9H2,1-5H3/b10-8+. The third kappa shape index (κ3) is 7.97. The molecule has 0 unspecified atom stereocenters. The van der Waals surface area contributed by atoms with E-state index in [2.05, 4.69) is 25.3 Å². The highest BCUT2D eigenvalue weighted by Crippen LogP contribution is 2.47. The molecule has 0 atom stereocenters. The molecule has 0 aromatic rings. The van der Waals surface area contributed by atoms with E-state index < -0.39 is 15.7 Å². The Bertz CT molecular complexity index is 236. The molecule has 0 rings (SSSR count). The molecular formula is C10H23O3PSi. The summed E-state index contributed by atoms with van der Waals surface area (Å²) in [5.41, 5.74) is 2.16. The van der Waals surface area contributed by atoms with Crippen LogP contribution < -0.4 is 0 Å².